The van der Waals surface area contributed by atoms with Gasteiger partial charge >= 0.3 is 12.0 Å². The Balaban J connectivity index is 2.55. The molecule has 0 bridgehead atoms. The van der Waals surface area contributed by atoms with Gasteiger partial charge in [0.1, 0.15) is 6.54 Å². The van der Waals surface area contributed by atoms with E-state index >= 15 is 0 Å². The number of carbonyl (C=O) groups excluding carboxylic acids is 3. The number of amides is 3. The van der Waals surface area contributed by atoms with Crippen LogP contribution in [0.3, 0.4) is 0 Å². The van der Waals surface area contributed by atoms with E-state index in [0.717, 1.165) is 16.3 Å². The predicted molar refractivity (Wildman–Crippen MR) is 100 cm³/mol. The lowest BCUT2D eigenvalue weighted by Gasteiger charge is -2.20. The molecule has 3 amide bonds. The summed E-state index contributed by atoms with van der Waals surface area (Å²) in [7, 11) is 1.21. The Hall–Kier alpha value is -2.88. The number of rotatable bonds is 6. The number of ether oxygens (including phenoxy) is 1. The van der Waals surface area contributed by atoms with Gasteiger partial charge in [-0.3, -0.25) is 24.3 Å². The minimum absolute atomic E-state index is 0.169. The molecule has 0 saturated carbocycles. The number of methoxy groups -OCH3 is 1. The number of hydrogen-bond acceptors (Lipinski definition) is 7. The van der Waals surface area contributed by atoms with Crippen LogP contribution in [0.25, 0.3) is 10.9 Å². The van der Waals surface area contributed by atoms with Gasteiger partial charge in [0.05, 0.1) is 23.3 Å². The van der Waals surface area contributed by atoms with Crippen LogP contribution in [0.4, 0.5) is 4.79 Å². The maximum atomic E-state index is 12.8. The summed E-state index contributed by atoms with van der Waals surface area (Å²) in [4.78, 5) is 52.3. The van der Waals surface area contributed by atoms with Crippen molar-refractivity contribution in [3.05, 3.63) is 34.6 Å². The fraction of sp³-hybridized carbons (Fsp3) is 0.353. The van der Waals surface area contributed by atoms with Crippen molar-refractivity contribution in [1.82, 2.24) is 14.9 Å². The molecule has 0 aliphatic heterocycles. The Morgan fingerprint density at radius 2 is 1.96 bits per heavy atom. The number of nitrogens with one attached hydrogen (secondary N) is 1. The second-order valence-electron chi connectivity index (χ2n) is 6.01. The second-order valence-corrected chi connectivity index (χ2v) is 7.12. The Bertz CT molecular complexity index is 941. The SMILES string of the molecule is COC(=O)Cn1c(S[C@H](C(=O)NC(N)=O)C(C)C)nc2ccccc2c1=O. The summed E-state index contributed by atoms with van der Waals surface area (Å²) >= 11 is 0.979. The van der Waals surface area contributed by atoms with E-state index < -0.39 is 28.7 Å². The molecule has 1 aromatic carbocycles. The lowest BCUT2D eigenvalue weighted by Crippen LogP contribution is -2.42. The topological polar surface area (TPSA) is 133 Å². The second kappa shape index (κ2) is 8.67. The number of fused-ring (bicyclic) bond motifs is 1. The summed E-state index contributed by atoms with van der Waals surface area (Å²) in [6.45, 7) is 3.21. The Morgan fingerprint density at radius 3 is 2.56 bits per heavy atom. The van der Waals surface area contributed by atoms with Crippen LogP contribution in [0, 0.1) is 5.92 Å². The number of hydrogen-bond donors (Lipinski definition) is 2. The van der Waals surface area contributed by atoms with Crippen molar-refractivity contribution >= 4 is 40.6 Å². The number of para-hydroxylation sites is 1. The Morgan fingerprint density at radius 1 is 1.30 bits per heavy atom. The van der Waals surface area contributed by atoms with Crippen LogP contribution < -0.4 is 16.6 Å². The van der Waals surface area contributed by atoms with Gasteiger partial charge in [0.15, 0.2) is 5.16 Å². The molecule has 0 unspecified atom stereocenters. The fourth-order valence-corrected chi connectivity index (χ4v) is 3.46. The zero-order chi connectivity index (χ0) is 20.1. The molecule has 0 aliphatic rings. The zero-order valence-corrected chi connectivity index (χ0v) is 15.9. The Labute approximate surface area is 159 Å². The third-order valence-corrected chi connectivity index (χ3v) is 5.22. The maximum absolute atomic E-state index is 12.8. The van der Waals surface area contributed by atoms with Crippen molar-refractivity contribution in [2.24, 2.45) is 11.7 Å². The smallest absolute Gasteiger partial charge is 0.325 e. The van der Waals surface area contributed by atoms with Crippen molar-refractivity contribution in [2.45, 2.75) is 30.8 Å². The number of imide groups is 1. The molecule has 27 heavy (non-hydrogen) atoms. The summed E-state index contributed by atoms with van der Waals surface area (Å²) in [5, 5.41) is 1.79. The Kier molecular flexibility index (Phi) is 6.56. The van der Waals surface area contributed by atoms with E-state index in [1.165, 1.54) is 7.11 Å². The molecule has 2 aromatic rings. The van der Waals surface area contributed by atoms with Crippen LogP contribution >= 0.6 is 11.8 Å². The summed E-state index contributed by atoms with van der Waals surface area (Å²) < 4.78 is 5.81. The molecule has 2 rings (SSSR count). The van der Waals surface area contributed by atoms with Gasteiger partial charge < -0.3 is 10.5 Å². The highest BCUT2D eigenvalue weighted by molar-refractivity contribution is 8.00. The van der Waals surface area contributed by atoms with Gasteiger partial charge in [0.2, 0.25) is 5.91 Å². The summed E-state index contributed by atoms with van der Waals surface area (Å²) in [6, 6.07) is 5.72. The summed E-state index contributed by atoms with van der Waals surface area (Å²) in [5.41, 5.74) is 5.03. The van der Waals surface area contributed by atoms with Gasteiger partial charge in [-0.05, 0) is 18.1 Å². The molecule has 0 aliphatic carbocycles. The predicted octanol–water partition coefficient (Wildman–Crippen LogP) is 0.881. The standard InChI is InChI=1S/C17H20N4O5S/c1-9(2)13(14(23)20-16(18)25)27-17-19-11-7-5-4-6-10(11)15(24)21(17)8-12(22)26-3/h4-7,9,13H,8H2,1-3H3,(H3,18,20,23,25)/t13-/m0/s1. The molecular weight excluding hydrogens is 372 g/mol. The van der Waals surface area contributed by atoms with Gasteiger partial charge in [-0.1, -0.05) is 37.7 Å². The number of primary amides is 1. The van der Waals surface area contributed by atoms with Crippen molar-refractivity contribution in [3.63, 3.8) is 0 Å². The number of aromatic nitrogens is 2. The summed E-state index contributed by atoms with van der Waals surface area (Å²) in [5.74, 6) is -1.43. The largest absolute Gasteiger partial charge is 0.468 e. The molecule has 3 N–H and O–H groups in total. The van der Waals surface area contributed by atoms with E-state index in [2.05, 4.69) is 9.72 Å². The molecule has 1 heterocycles. The zero-order valence-electron chi connectivity index (χ0n) is 15.1. The fourth-order valence-electron chi connectivity index (χ4n) is 2.37. The quantitative estimate of drug-likeness (QED) is 0.423. The molecule has 1 aromatic heterocycles. The first-order chi connectivity index (χ1) is 12.7. The van der Waals surface area contributed by atoms with E-state index in [1.807, 2.05) is 5.32 Å². The van der Waals surface area contributed by atoms with Crippen LogP contribution in [0.5, 0.6) is 0 Å². The molecular formula is C17H20N4O5S. The van der Waals surface area contributed by atoms with Gasteiger partial charge in [-0.15, -0.1) is 0 Å². The highest BCUT2D eigenvalue weighted by Crippen LogP contribution is 2.27. The van der Waals surface area contributed by atoms with Crippen molar-refractivity contribution in [3.8, 4) is 0 Å². The molecule has 10 heteroatoms. The third-order valence-electron chi connectivity index (χ3n) is 3.68. The number of nitrogens with zero attached hydrogens (tertiary/aromatic N) is 2. The highest BCUT2D eigenvalue weighted by atomic mass is 32.2. The molecule has 0 spiro atoms. The minimum Gasteiger partial charge on any atom is -0.468 e. The molecule has 1 atom stereocenters. The number of esters is 1. The van der Waals surface area contributed by atoms with E-state index in [9.17, 15) is 19.2 Å². The first-order valence-corrected chi connectivity index (χ1v) is 8.96. The molecule has 0 radical (unpaired) electrons. The normalized spacial score (nSPS) is 12.0. The van der Waals surface area contributed by atoms with Gasteiger partial charge in [-0.2, -0.15) is 0 Å². The van der Waals surface area contributed by atoms with Crippen LogP contribution in [0.15, 0.2) is 34.2 Å². The number of benzene rings is 1. The van der Waals surface area contributed by atoms with Crippen LogP contribution in [0.1, 0.15) is 13.8 Å². The number of carbonyl (C=O) groups is 3. The number of thioether (sulfide) groups is 1. The molecule has 9 nitrogen and oxygen atoms in total. The van der Waals surface area contributed by atoms with Crippen LogP contribution in [0.2, 0.25) is 0 Å². The maximum Gasteiger partial charge on any atom is 0.325 e. The van der Waals surface area contributed by atoms with E-state index in [-0.39, 0.29) is 17.6 Å². The average molecular weight is 392 g/mol. The van der Waals surface area contributed by atoms with E-state index in [4.69, 9.17) is 5.73 Å². The lowest BCUT2D eigenvalue weighted by molar-refractivity contribution is -0.141. The first-order valence-electron chi connectivity index (χ1n) is 8.08. The highest BCUT2D eigenvalue weighted by Gasteiger charge is 2.27. The number of nitrogens with two attached hydrogens (primary N) is 1. The molecule has 0 fully saturated rings. The number of urea groups is 1. The van der Waals surface area contributed by atoms with Crippen molar-refractivity contribution in [1.29, 1.82) is 0 Å². The monoisotopic (exact) mass is 392 g/mol. The summed E-state index contributed by atoms with van der Waals surface area (Å²) in [6.07, 6.45) is 0. The molecule has 144 valence electrons. The van der Waals surface area contributed by atoms with Crippen molar-refractivity contribution < 1.29 is 19.1 Å². The van der Waals surface area contributed by atoms with Gasteiger partial charge in [0, 0.05) is 0 Å². The minimum atomic E-state index is -0.968. The third kappa shape index (κ3) is 4.85. The van der Waals surface area contributed by atoms with E-state index in [1.54, 1.807) is 38.1 Å². The van der Waals surface area contributed by atoms with Gasteiger partial charge in [-0.25, -0.2) is 9.78 Å². The average Bonchev–Trinajstić information content (AvgIpc) is 2.61. The van der Waals surface area contributed by atoms with E-state index in [0.29, 0.717) is 10.9 Å². The van der Waals surface area contributed by atoms with Crippen molar-refractivity contribution in [2.75, 3.05) is 7.11 Å². The van der Waals surface area contributed by atoms with Crippen LogP contribution in [-0.2, 0) is 20.9 Å². The van der Waals surface area contributed by atoms with Gasteiger partial charge in [0.25, 0.3) is 5.56 Å². The lowest BCUT2D eigenvalue weighted by atomic mass is 10.1. The van der Waals surface area contributed by atoms with Crippen LogP contribution in [-0.4, -0.2) is 39.8 Å². The first kappa shape index (κ1) is 20.4. The molecule has 0 saturated heterocycles.